The van der Waals surface area contributed by atoms with Gasteiger partial charge in [0.05, 0.1) is 11.1 Å². The van der Waals surface area contributed by atoms with Crippen LogP contribution in [0.2, 0.25) is 0 Å². The zero-order valence-corrected chi connectivity index (χ0v) is 16.9. The van der Waals surface area contributed by atoms with E-state index in [1.807, 2.05) is 13.8 Å². The van der Waals surface area contributed by atoms with Crippen LogP contribution in [-0.2, 0) is 29.0 Å². The lowest BCUT2D eigenvalue weighted by Crippen LogP contribution is -2.25. The Morgan fingerprint density at radius 2 is 0.967 bits per heavy atom. The average Bonchev–Trinajstić information content (AvgIpc) is 2.71. The highest BCUT2D eigenvalue weighted by Gasteiger charge is 2.19. The van der Waals surface area contributed by atoms with Crippen molar-refractivity contribution in [2.24, 2.45) is 0 Å². The molecule has 2 aromatic carbocycles. The van der Waals surface area contributed by atoms with Gasteiger partial charge >= 0.3 is 18.1 Å². The molecular formula is C21H22O9. The molecule has 160 valence electrons. The predicted molar refractivity (Wildman–Crippen MR) is 102 cm³/mol. The van der Waals surface area contributed by atoms with Gasteiger partial charge in [0.1, 0.15) is 0 Å². The largest absolute Gasteiger partial charge is 0.513 e. The summed E-state index contributed by atoms with van der Waals surface area (Å²) in [5.74, 6) is -1.50. The monoisotopic (exact) mass is 418 g/mol. The standard InChI is InChI=1S/C21H22O9/c1-13-5-9-17(10-6-13)19(22)29-27-15(3)25-21(24)26-16(4)28-30-20(23)18-11-7-14(2)8-12-18/h5-12,15-16H,1-4H3. The van der Waals surface area contributed by atoms with E-state index >= 15 is 0 Å². The van der Waals surface area contributed by atoms with Gasteiger partial charge in [0, 0.05) is 13.8 Å². The molecule has 2 unspecified atom stereocenters. The molecule has 2 aromatic rings. The second-order valence-corrected chi connectivity index (χ2v) is 6.29. The Morgan fingerprint density at radius 3 is 1.30 bits per heavy atom. The van der Waals surface area contributed by atoms with Crippen molar-refractivity contribution in [1.29, 1.82) is 0 Å². The number of ether oxygens (including phenoxy) is 2. The number of hydrogen-bond donors (Lipinski definition) is 0. The number of rotatable bonds is 8. The summed E-state index contributed by atoms with van der Waals surface area (Å²) in [4.78, 5) is 53.9. The lowest BCUT2D eigenvalue weighted by Gasteiger charge is -2.15. The van der Waals surface area contributed by atoms with E-state index in [9.17, 15) is 14.4 Å². The number of benzene rings is 2. The first kappa shape index (κ1) is 22.9. The van der Waals surface area contributed by atoms with Crippen LogP contribution in [0.5, 0.6) is 0 Å². The molecule has 30 heavy (non-hydrogen) atoms. The van der Waals surface area contributed by atoms with E-state index in [0.717, 1.165) is 11.1 Å². The maximum Gasteiger partial charge on any atom is 0.513 e. The summed E-state index contributed by atoms with van der Waals surface area (Å²) in [6.45, 7) is 6.38. The molecule has 9 heteroatoms. The number of hydrogen-bond acceptors (Lipinski definition) is 9. The van der Waals surface area contributed by atoms with Gasteiger partial charge in [-0.15, -0.1) is 9.78 Å². The van der Waals surface area contributed by atoms with Crippen LogP contribution < -0.4 is 0 Å². The summed E-state index contributed by atoms with van der Waals surface area (Å²) in [6, 6.07) is 13.2. The molecule has 0 N–H and O–H groups in total. The summed E-state index contributed by atoms with van der Waals surface area (Å²) in [5.41, 5.74) is 2.50. The van der Waals surface area contributed by atoms with E-state index in [1.54, 1.807) is 48.5 Å². The van der Waals surface area contributed by atoms with Crippen molar-refractivity contribution >= 4 is 18.1 Å². The molecule has 0 heterocycles. The van der Waals surface area contributed by atoms with Gasteiger partial charge in [-0.3, -0.25) is 9.78 Å². The van der Waals surface area contributed by atoms with Crippen molar-refractivity contribution in [2.75, 3.05) is 0 Å². The van der Waals surface area contributed by atoms with Crippen LogP contribution in [0.4, 0.5) is 4.79 Å². The number of carbonyl (C=O) groups is 3. The Hall–Kier alpha value is -3.43. The van der Waals surface area contributed by atoms with Gasteiger partial charge in [-0.1, -0.05) is 35.4 Å². The Kier molecular flexibility index (Phi) is 8.33. The molecule has 0 radical (unpaired) electrons. The van der Waals surface area contributed by atoms with Crippen LogP contribution in [0.3, 0.4) is 0 Å². The maximum atomic E-state index is 11.8. The van der Waals surface area contributed by atoms with Crippen molar-refractivity contribution in [1.82, 2.24) is 0 Å². The van der Waals surface area contributed by atoms with Crippen LogP contribution >= 0.6 is 0 Å². The van der Waals surface area contributed by atoms with Gasteiger partial charge in [0.2, 0.25) is 12.6 Å². The summed E-state index contributed by atoms with van der Waals surface area (Å²) in [5, 5.41) is 0. The summed E-state index contributed by atoms with van der Waals surface area (Å²) in [7, 11) is 0. The first-order chi connectivity index (χ1) is 14.2. The zero-order valence-electron chi connectivity index (χ0n) is 16.9. The van der Waals surface area contributed by atoms with E-state index < -0.39 is 30.7 Å². The van der Waals surface area contributed by atoms with Gasteiger partial charge in [0.15, 0.2) is 0 Å². The first-order valence-electron chi connectivity index (χ1n) is 9.00. The molecule has 9 nitrogen and oxygen atoms in total. The second kappa shape index (κ2) is 10.9. The van der Waals surface area contributed by atoms with Crippen molar-refractivity contribution in [3.8, 4) is 0 Å². The minimum absolute atomic E-state index is 0.271. The fourth-order valence-corrected chi connectivity index (χ4v) is 2.04. The van der Waals surface area contributed by atoms with E-state index in [2.05, 4.69) is 9.78 Å². The quantitative estimate of drug-likeness (QED) is 0.272. The molecule has 0 fully saturated rings. The Morgan fingerprint density at radius 1 is 0.633 bits per heavy atom. The normalized spacial score (nSPS) is 12.4. The summed E-state index contributed by atoms with van der Waals surface area (Å²) >= 11 is 0. The van der Waals surface area contributed by atoms with E-state index in [-0.39, 0.29) is 11.1 Å². The molecule has 0 amide bonds. The molecule has 0 aliphatic rings. The van der Waals surface area contributed by atoms with Crippen molar-refractivity contribution in [3.63, 3.8) is 0 Å². The third-order valence-corrected chi connectivity index (χ3v) is 3.62. The van der Waals surface area contributed by atoms with Crippen LogP contribution in [0.15, 0.2) is 48.5 Å². The minimum atomic E-state index is -1.26. The smallest absolute Gasteiger partial charge is 0.401 e. The molecule has 2 atom stereocenters. The highest BCUT2D eigenvalue weighted by atomic mass is 17.2. The summed E-state index contributed by atoms with van der Waals surface area (Å²) in [6.07, 6.45) is -3.70. The molecule has 0 spiro atoms. The van der Waals surface area contributed by atoms with Crippen LogP contribution in [0, 0.1) is 13.8 Å². The van der Waals surface area contributed by atoms with Gasteiger partial charge in [-0.2, -0.15) is 0 Å². The Balaban J connectivity index is 1.68. The Labute approximate surface area is 173 Å². The molecule has 0 aromatic heterocycles. The fourth-order valence-electron chi connectivity index (χ4n) is 2.04. The highest BCUT2D eigenvalue weighted by Crippen LogP contribution is 2.09. The highest BCUT2D eigenvalue weighted by molar-refractivity contribution is 5.89. The Bertz CT molecular complexity index is 788. The number of aryl methyl sites for hydroxylation is 2. The average molecular weight is 418 g/mol. The van der Waals surface area contributed by atoms with E-state index in [1.165, 1.54) is 13.8 Å². The van der Waals surface area contributed by atoms with E-state index in [4.69, 9.17) is 19.2 Å². The third kappa shape index (κ3) is 7.53. The van der Waals surface area contributed by atoms with Gasteiger partial charge in [0.25, 0.3) is 0 Å². The molecule has 0 bridgehead atoms. The third-order valence-electron chi connectivity index (χ3n) is 3.62. The second-order valence-electron chi connectivity index (χ2n) is 6.29. The SMILES string of the molecule is Cc1ccc(C(=O)OOC(C)OC(=O)OC(C)OOC(=O)c2ccc(C)cc2)cc1. The van der Waals surface area contributed by atoms with E-state index in [0.29, 0.717) is 0 Å². The molecule has 0 saturated heterocycles. The maximum absolute atomic E-state index is 11.8. The van der Waals surface area contributed by atoms with Crippen LogP contribution in [-0.4, -0.2) is 30.7 Å². The molecule has 0 aliphatic heterocycles. The zero-order chi connectivity index (χ0) is 22.1. The van der Waals surface area contributed by atoms with Crippen molar-refractivity contribution in [2.45, 2.75) is 40.3 Å². The van der Waals surface area contributed by atoms with Crippen LogP contribution in [0.1, 0.15) is 45.7 Å². The summed E-state index contributed by atoms with van der Waals surface area (Å²) < 4.78 is 9.50. The topological polar surface area (TPSA) is 107 Å². The molecule has 0 saturated carbocycles. The first-order valence-corrected chi connectivity index (χ1v) is 9.00. The fraction of sp³-hybridized carbons (Fsp3) is 0.286. The lowest BCUT2D eigenvalue weighted by atomic mass is 10.2. The van der Waals surface area contributed by atoms with Crippen molar-refractivity contribution < 1.29 is 43.4 Å². The van der Waals surface area contributed by atoms with Gasteiger partial charge in [-0.05, 0) is 38.1 Å². The van der Waals surface area contributed by atoms with Crippen molar-refractivity contribution in [3.05, 3.63) is 70.8 Å². The lowest BCUT2D eigenvalue weighted by molar-refractivity contribution is -0.340. The predicted octanol–water partition coefficient (Wildman–Crippen LogP) is 4.03. The minimum Gasteiger partial charge on any atom is -0.401 e. The number of carbonyl (C=O) groups excluding carboxylic acids is 3. The van der Waals surface area contributed by atoms with Gasteiger partial charge in [-0.25, -0.2) is 14.4 Å². The molecule has 0 aliphatic carbocycles. The molecule has 2 rings (SSSR count). The molecular weight excluding hydrogens is 396 g/mol. The van der Waals surface area contributed by atoms with Gasteiger partial charge < -0.3 is 9.47 Å². The van der Waals surface area contributed by atoms with Crippen LogP contribution in [0.25, 0.3) is 0 Å².